The van der Waals surface area contributed by atoms with Gasteiger partial charge >= 0.3 is 59.7 Å². The second-order valence-electron chi connectivity index (χ2n) is 18.0. The summed E-state index contributed by atoms with van der Waals surface area (Å²) in [6, 6.07) is 0. The van der Waals surface area contributed by atoms with Gasteiger partial charge in [-0.1, -0.05) is 20.8 Å². The number of carbonyl (C=O) groups is 10. The lowest BCUT2D eigenvalue weighted by molar-refractivity contribution is -0.226. The standard InChI is InChI=1S/C45H64O20/c1-25(7-10-33(46)47)28-8-9-29-43-30(21-32(45(28,29)3)65-39(53)16-13-36(50)62-24-42(56)59-6)44(2)18-17-27(63-37(51)14-11-34(48)60-22-40(54)57-4)19-26(44)20-31(43)64-38(52)15-12-35(49)61-23-41(55)58-5/h25-32,43H,7-24H2,1-6H3,(H,46,47). The maximum Gasteiger partial charge on any atom is 0.344 e. The zero-order chi connectivity index (χ0) is 48.1. The summed E-state index contributed by atoms with van der Waals surface area (Å²) in [6.07, 6.45) is -0.0683. The van der Waals surface area contributed by atoms with Crippen molar-refractivity contribution in [3.05, 3.63) is 0 Å². The normalized spacial score (nSPS) is 29.1. The second-order valence-corrected chi connectivity index (χ2v) is 18.0. The van der Waals surface area contributed by atoms with E-state index in [9.17, 15) is 53.1 Å². The minimum atomic E-state index is -0.936. The number of rotatable bonds is 22. The van der Waals surface area contributed by atoms with Gasteiger partial charge < -0.3 is 47.7 Å². The highest BCUT2D eigenvalue weighted by Crippen LogP contribution is 2.69. The molecule has 0 aromatic rings. The summed E-state index contributed by atoms with van der Waals surface area (Å²) in [5.41, 5.74) is -1.17. The van der Waals surface area contributed by atoms with Crippen LogP contribution in [0.25, 0.3) is 0 Å². The molecule has 0 amide bonds. The van der Waals surface area contributed by atoms with E-state index in [1.165, 1.54) is 0 Å². The van der Waals surface area contributed by atoms with Gasteiger partial charge in [-0.05, 0) is 86.4 Å². The molecule has 0 spiro atoms. The second kappa shape index (κ2) is 23.8. The molecule has 65 heavy (non-hydrogen) atoms. The van der Waals surface area contributed by atoms with Gasteiger partial charge in [-0.25, -0.2) is 14.4 Å². The van der Waals surface area contributed by atoms with Gasteiger partial charge in [-0.2, -0.15) is 0 Å². The van der Waals surface area contributed by atoms with Crippen LogP contribution in [0.1, 0.15) is 117 Å². The predicted octanol–water partition coefficient (Wildman–Crippen LogP) is 3.59. The van der Waals surface area contributed by atoms with Crippen LogP contribution in [0.2, 0.25) is 0 Å². The molecule has 4 rings (SSSR count). The van der Waals surface area contributed by atoms with E-state index >= 15 is 0 Å². The minimum Gasteiger partial charge on any atom is -0.481 e. The van der Waals surface area contributed by atoms with Gasteiger partial charge in [-0.3, -0.25) is 33.6 Å². The number of hydrogen-bond acceptors (Lipinski definition) is 19. The lowest BCUT2D eigenvalue weighted by atomic mass is 9.43. The van der Waals surface area contributed by atoms with Crippen LogP contribution < -0.4 is 0 Å². The van der Waals surface area contributed by atoms with Crippen molar-refractivity contribution in [3.63, 3.8) is 0 Å². The zero-order valence-electron chi connectivity index (χ0n) is 38.1. The van der Waals surface area contributed by atoms with Gasteiger partial charge in [0.2, 0.25) is 0 Å². The number of carboxylic acid groups (broad SMARTS) is 1. The molecule has 4 aliphatic rings. The third kappa shape index (κ3) is 13.9. The van der Waals surface area contributed by atoms with Gasteiger partial charge in [0.25, 0.3) is 0 Å². The topological polar surface area (TPSA) is 274 Å². The number of methoxy groups -OCH3 is 3. The number of aliphatic carboxylic acids is 1. The van der Waals surface area contributed by atoms with E-state index < -0.39 is 109 Å². The molecule has 11 unspecified atom stereocenters. The van der Waals surface area contributed by atoms with Gasteiger partial charge in [-0.15, -0.1) is 0 Å². The monoisotopic (exact) mass is 924 g/mol. The molecule has 4 fully saturated rings. The first-order valence-corrected chi connectivity index (χ1v) is 22.2. The molecular weight excluding hydrogens is 860 g/mol. The first-order chi connectivity index (χ1) is 30.7. The van der Waals surface area contributed by atoms with Crippen molar-refractivity contribution in [3.8, 4) is 0 Å². The van der Waals surface area contributed by atoms with Crippen LogP contribution in [-0.2, 0) is 90.6 Å². The third-order valence-electron chi connectivity index (χ3n) is 14.4. The van der Waals surface area contributed by atoms with Crippen LogP contribution in [0.15, 0.2) is 0 Å². The Morgan fingerprint density at radius 3 is 1.52 bits per heavy atom. The highest BCUT2D eigenvalue weighted by molar-refractivity contribution is 5.81. The Kier molecular flexibility index (Phi) is 19.1. The third-order valence-corrected chi connectivity index (χ3v) is 14.4. The van der Waals surface area contributed by atoms with Crippen molar-refractivity contribution in [2.45, 2.75) is 135 Å². The predicted molar refractivity (Wildman–Crippen MR) is 218 cm³/mol. The Hall–Kier alpha value is -5.30. The van der Waals surface area contributed by atoms with Crippen molar-refractivity contribution in [2.75, 3.05) is 41.2 Å². The molecule has 0 aliphatic heterocycles. The first-order valence-electron chi connectivity index (χ1n) is 22.2. The van der Waals surface area contributed by atoms with E-state index in [1.807, 2.05) is 6.92 Å². The van der Waals surface area contributed by atoms with E-state index in [-0.39, 0.29) is 80.5 Å². The smallest absolute Gasteiger partial charge is 0.344 e. The summed E-state index contributed by atoms with van der Waals surface area (Å²) in [5.74, 6) is -8.55. The molecule has 1 N–H and O–H groups in total. The molecule has 11 atom stereocenters. The van der Waals surface area contributed by atoms with E-state index in [0.29, 0.717) is 51.4 Å². The molecule has 0 bridgehead atoms. The number of carboxylic acids is 1. The van der Waals surface area contributed by atoms with Crippen LogP contribution >= 0.6 is 0 Å². The highest BCUT2D eigenvalue weighted by Gasteiger charge is 2.68. The maximum atomic E-state index is 13.7. The minimum absolute atomic E-state index is 0.0596. The Morgan fingerprint density at radius 2 is 1.03 bits per heavy atom. The van der Waals surface area contributed by atoms with Crippen molar-refractivity contribution in [1.29, 1.82) is 0 Å². The zero-order valence-corrected chi connectivity index (χ0v) is 38.1. The fraction of sp³-hybridized carbons (Fsp3) is 0.778. The van der Waals surface area contributed by atoms with Crippen LogP contribution in [0.3, 0.4) is 0 Å². The van der Waals surface area contributed by atoms with Crippen LogP contribution in [-0.4, -0.2) is 124 Å². The molecule has 0 saturated heterocycles. The van der Waals surface area contributed by atoms with Crippen molar-refractivity contribution >= 4 is 59.7 Å². The first kappa shape index (κ1) is 52.3. The molecule has 4 saturated carbocycles. The summed E-state index contributed by atoms with van der Waals surface area (Å²) >= 11 is 0. The summed E-state index contributed by atoms with van der Waals surface area (Å²) in [5, 5.41) is 9.58. The van der Waals surface area contributed by atoms with Crippen molar-refractivity contribution in [1.82, 2.24) is 0 Å². The molecule has 0 aromatic carbocycles. The van der Waals surface area contributed by atoms with Gasteiger partial charge in [0.1, 0.15) is 18.3 Å². The average Bonchev–Trinajstić information content (AvgIpc) is 3.64. The fourth-order valence-corrected chi connectivity index (χ4v) is 11.1. The van der Waals surface area contributed by atoms with Crippen LogP contribution in [0, 0.1) is 46.3 Å². The summed E-state index contributed by atoms with van der Waals surface area (Å²) in [6.45, 7) is 4.40. The number of fused-ring (bicyclic) bond motifs is 5. The van der Waals surface area contributed by atoms with E-state index in [4.69, 9.17) is 28.4 Å². The number of esters is 9. The summed E-state index contributed by atoms with van der Waals surface area (Å²) in [4.78, 5) is 123. The van der Waals surface area contributed by atoms with E-state index in [0.717, 1.165) is 21.3 Å². The lowest BCUT2D eigenvalue weighted by Crippen LogP contribution is -2.63. The largest absolute Gasteiger partial charge is 0.481 e. The van der Waals surface area contributed by atoms with Crippen LogP contribution in [0.5, 0.6) is 0 Å². The number of ether oxygens (including phenoxy) is 9. The van der Waals surface area contributed by atoms with Crippen LogP contribution in [0.4, 0.5) is 0 Å². The van der Waals surface area contributed by atoms with E-state index in [1.54, 1.807) is 0 Å². The molecular formula is C45H64O20. The molecule has 0 radical (unpaired) electrons. The van der Waals surface area contributed by atoms with Crippen molar-refractivity contribution < 1.29 is 95.7 Å². The number of hydrogen-bond donors (Lipinski definition) is 1. The Morgan fingerprint density at radius 1 is 0.554 bits per heavy atom. The van der Waals surface area contributed by atoms with Gasteiger partial charge in [0, 0.05) is 17.8 Å². The Labute approximate surface area is 377 Å². The SMILES string of the molecule is COC(=O)COC(=O)CCC(=O)OC1CCC2(C)C(C1)CC(OC(=O)CCC(=O)OCC(=O)OC)C1C2CC(OC(=O)CCC(=O)OCC(=O)OC)C2(C)C(C(C)CCC(=O)O)CCC12. The highest BCUT2D eigenvalue weighted by atomic mass is 16.6. The fourth-order valence-electron chi connectivity index (χ4n) is 11.1. The molecule has 0 aromatic heterocycles. The lowest BCUT2D eigenvalue weighted by Gasteiger charge is -2.64. The molecule has 20 nitrogen and oxygen atoms in total. The summed E-state index contributed by atoms with van der Waals surface area (Å²) in [7, 11) is 3.44. The Bertz CT molecular complexity index is 1780. The number of carbonyl (C=O) groups excluding carboxylic acids is 9. The average molecular weight is 925 g/mol. The van der Waals surface area contributed by atoms with E-state index in [2.05, 4.69) is 28.1 Å². The molecule has 20 heteroatoms. The molecule has 364 valence electrons. The quantitative estimate of drug-likeness (QED) is 0.120. The molecule has 4 aliphatic carbocycles. The van der Waals surface area contributed by atoms with Crippen molar-refractivity contribution in [2.24, 2.45) is 46.3 Å². The van der Waals surface area contributed by atoms with Gasteiger partial charge in [0.15, 0.2) is 19.8 Å². The Balaban J connectivity index is 1.62. The maximum absolute atomic E-state index is 13.7. The van der Waals surface area contributed by atoms with Gasteiger partial charge in [0.05, 0.1) is 59.9 Å². The molecule has 0 heterocycles. The summed E-state index contributed by atoms with van der Waals surface area (Å²) < 4.78 is 46.7.